The fourth-order valence-electron chi connectivity index (χ4n) is 6.92. The molecule has 1 N–H and O–H groups in total. The summed E-state index contributed by atoms with van der Waals surface area (Å²) < 4.78 is -0.774. The van der Waals surface area contributed by atoms with Gasteiger partial charge in [0, 0.05) is 34.7 Å². The second kappa shape index (κ2) is 12.0. The van der Waals surface area contributed by atoms with Crippen LogP contribution in [0.15, 0.2) is 79.9 Å². The number of para-hydroxylation sites is 1. The normalized spacial score (nSPS) is 26.9. The molecule has 2 aromatic rings. The Balaban J connectivity index is 1.58. The number of thioether (sulfide) groups is 1. The van der Waals surface area contributed by atoms with E-state index >= 15 is 0 Å². The average Bonchev–Trinajstić information content (AvgIpc) is 3.63. The van der Waals surface area contributed by atoms with E-state index in [-0.39, 0.29) is 36.1 Å². The number of hydrogen-bond donors (Lipinski definition) is 1. The lowest BCUT2D eigenvalue weighted by Gasteiger charge is -2.39. The molecule has 9 heteroatoms. The van der Waals surface area contributed by atoms with Gasteiger partial charge in [0.05, 0.1) is 29.2 Å². The lowest BCUT2D eigenvalue weighted by molar-refractivity contribution is -0.141. The van der Waals surface area contributed by atoms with Crippen LogP contribution < -0.4 is 9.80 Å². The zero-order valence-electron chi connectivity index (χ0n) is 23.2. The van der Waals surface area contributed by atoms with E-state index in [1.165, 1.54) is 0 Å². The van der Waals surface area contributed by atoms with Gasteiger partial charge in [0.1, 0.15) is 6.04 Å². The number of hydrogen-bond acceptors (Lipinski definition) is 5. The molecule has 2 aromatic carbocycles. The highest BCUT2D eigenvalue weighted by Gasteiger charge is 2.74. The lowest BCUT2D eigenvalue weighted by atomic mass is 9.70. The van der Waals surface area contributed by atoms with Gasteiger partial charge >= 0.3 is 0 Å². The minimum atomic E-state index is -0.829. The summed E-state index contributed by atoms with van der Waals surface area (Å²) in [5.41, 5.74) is 1.39. The van der Waals surface area contributed by atoms with Crippen molar-refractivity contribution in [3.63, 3.8) is 0 Å². The molecule has 2 bridgehead atoms. The number of aliphatic hydroxyl groups excluding tert-OH is 1. The summed E-state index contributed by atoms with van der Waals surface area (Å²) in [5.74, 6) is -1.83. The molecular weight excluding hydrogens is 558 g/mol. The lowest BCUT2D eigenvalue weighted by Crippen LogP contribution is -2.57. The van der Waals surface area contributed by atoms with Crippen molar-refractivity contribution in [1.29, 1.82) is 0 Å². The number of halogens is 1. The third kappa shape index (κ3) is 4.90. The van der Waals surface area contributed by atoms with Gasteiger partial charge in [0.25, 0.3) is 5.91 Å². The Hall–Kier alpha value is -3.07. The first-order valence-electron chi connectivity index (χ1n) is 14.1. The van der Waals surface area contributed by atoms with Crippen molar-refractivity contribution in [2.75, 3.05) is 29.5 Å². The second-order valence-corrected chi connectivity index (χ2v) is 12.9. The largest absolute Gasteiger partial charge is 0.394 e. The van der Waals surface area contributed by atoms with Crippen LogP contribution in [0.3, 0.4) is 0 Å². The van der Waals surface area contributed by atoms with Gasteiger partial charge in [-0.3, -0.25) is 14.4 Å². The van der Waals surface area contributed by atoms with Crippen molar-refractivity contribution in [1.82, 2.24) is 4.90 Å². The van der Waals surface area contributed by atoms with E-state index in [0.717, 1.165) is 12.1 Å². The van der Waals surface area contributed by atoms with Gasteiger partial charge in [-0.15, -0.1) is 24.9 Å². The molecule has 3 amide bonds. The van der Waals surface area contributed by atoms with Gasteiger partial charge in [0.2, 0.25) is 11.8 Å². The average molecular weight is 594 g/mol. The molecule has 0 aromatic heterocycles. The van der Waals surface area contributed by atoms with Crippen molar-refractivity contribution in [2.45, 2.75) is 48.3 Å². The summed E-state index contributed by atoms with van der Waals surface area (Å²) in [6.45, 7) is 9.91. The van der Waals surface area contributed by atoms with Crippen LogP contribution in [-0.4, -0.2) is 69.5 Å². The molecule has 216 valence electrons. The summed E-state index contributed by atoms with van der Waals surface area (Å²) >= 11 is 7.75. The first-order chi connectivity index (χ1) is 19.8. The molecule has 3 aliphatic rings. The van der Waals surface area contributed by atoms with Crippen LogP contribution >= 0.6 is 23.4 Å². The summed E-state index contributed by atoms with van der Waals surface area (Å²) in [7, 11) is 0. The Morgan fingerprint density at radius 3 is 2.27 bits per heavy atom. The number of aliphatic hydroxyl groups is 1. The Kier molecular flexibility index (Phi) is 8.64. The smallest absolute Gasteiger partial charge is 0.251 e. The maximum Gasteiger partial charge on any atom is 0.251 e. The fourth-order valence-corrected chi connectivity index (χ4v) is 9.24. The molecule has 0 radical (unpaired) electrons. The summed E-state index contributed by atoms with van der Waals surface area (Å²) in [6, 6.07) is 15.1. The van der Waals surface area contributed by atoms with Crippen LogP contribution in [0.4, 0.5) is 11.4 Å². The molecule has 3 saturated heterocycles. The van der Waals surface area contributed by atoms with E-state index in [4.69, 9.17) is 11.6 Å². The van der Waals surface area contributed by atoms with Gasteiger partial charge in [-0.25, -0.2) is 0 Å². The number of amides is 3. The van der Waals surface area contributed by atoms with Gasteiger partial charge in [0.15, 0.2) is 0 Å². The standard InChI is InChI=1S/C32H36ClN3O4S/c1-4-18-34(23-10-8-7-9-11-23)29(38)26-25-16-17-32(41-25)27(26)30(39)36(22(6-3)20-37)28(32)31(40)35(19-5-2)24-14-12-21(33)13-15-24/h4-5,7-15,22,25-28,37H,1-2,6,16-20H2,3H3/t22-,25+,26-,27-,28?,32?/m0/s1. The molecule has 6 atom stereocenters. The number of anilines is 2. The zero-order chi connectivity index (χ0) is 29.3. The summed E-state index contributed by atoms with van der Waals surface area (Å²) in [4.78, 5) is 48.3. The van der Waals surface area contributed by atoms with Crippen LogP contribution in [0.25, 0.3) is 0 Å². The van der Waals surface area contributed by atoms with Crippen LogP contribution in [0.2, 0.25) is 5.02 Å². The maximum absolute atomic E-state index is 14.6. The molecule has 3 heterocycles. The van der Waals surface area contributed by atoms with Gasteiger partial charge in [-0.05, 0) is 55.7 Å². The van der Waals surface area contributed by atoms with Gasteiger partial charge in [-0.2, -0.15) is 0 Å². The highest BCUT2D eigenvalue weighted by Crippen LogP contribution is 2.67. The Morgan fingerprint density at radius 1 is 1.07 bits per heavy atom. The molecule has 5 rings (SSSR count). The SMILES string of the molecule is C=CCN(C(=O)C1N([C@@H](CC)CO)C(=O)[C@@H]2[C@@H](C(=O)N(CC=C)c3ccccc3)[C@H]3CCC12S3)c1ccc(Cl)cc1. The number of rotatable bonds is 11. The molecule has 7 nitrogen and oxygen atoms in total. The van der Waals surface area contributed by atoms with Crippen molar-refractivity contribution < 1.29 is 19.5 Å². The predicted molar refractivity (Wildman–Crippen MR) is 165 cm³/mol. The van der Waals surface area contributed by atoms with Crippen molar-refractivity contribution >= 4 is 52.5 Å². The quantitative estimate of drug-likeness (QED) is 0.373. The first kappa shape index (κ1) is 29.4. The highest BCUT2D eigenvalue weighted by molar-refractivity contribution is 8.02. The van der Waals surface area contributed by atoms with E-state index in [0.29, 0.717) is 30.1 Å². The van der Waals surface area contributed by atoms with E-state index in [9.17, 15) is 19.5 Å². The summed E-state index contributed by atoms with van der Waals surface area (Å²) in [6.07, 6.45) is 5.21. The number of carbonyl (C=O) groups is 3. The van der Waals surface area contributed by atoms with Gasteiger partial charge in [-0.1, -0.05) is 48.9 Å². The molecule has 0 aliphatic carbocycles. The van der Waals surface area contributed by atoms with Gasteiger partial charge < -0.3 is 19.8 Å². The Bertz CT molecular complexity index is 1320. The number of nitrogens with zero attached hydrogens (tertiary/aromatic N) is 3. The molecule has 3 aliphatic heterocycles. The topological polar surface area (TPSA) is 81.2 Å². The van der Waals surface area contributed by atoms with Crippen molar-refractivity contribution in [2.24, 2.45) is 11.8 Å². The molecule has 3 fully saturated rings. The monoisotopic (exact) mass is 593 g/mol. The Morgan fingerprint density at radius 2 is 1.68 bits per heavy atom. The highest BCUT2D eigenvalue weighted by atomic mass is 35.5. The van der Waals surface area contributed by atoms with Crippen LogP contribution in [0.5, 0.6) is 0 Å². The first-order valence-corrected chi connectivity index (χ1v) is 15.3. The third-order valence-electron chi connectivity index (χ3n) is 8.69. The van der Waals surface area contributed by atoms with E-state index in [2.05, 4.69) is 13.2 Å². The zero-order valence-corrected chi connectivity index (χ0v) is 24.8. The second-order valence-electron chi connectivity index (χ2n) is 10.8. The summed E-state index contributed by atoms with van der Waals surface area (Å²) in [5, 5.41) is 10.8. The number of fused-ring (bicyclic) bond motifs is 1. The fraction of sp³-hybridized carbons (Fsp3) is 0.406. The van der Waals surface area contributed by atoms with Crippen molar-refractivity contribution in [3.8, 4) is 0 Å². The van der Waals surface area contributed by atoms with Crippen molar-refractivity contribution in [3.05, 3.63) is 84.9 Å². The van der Waals surface area contributed by atoms with E-state index in [1.54, 1.807) is 62.9 Å². The molecule has 0 saturated carbocycles. The minimum absolute atomic E-state index is 0.0810. The Labute approximate surface area is 250 Å². The van der Waals surface area contributed by atoms with E-state index < -0.39 is 28.7 Å². The molecule has 1 spiro atoms. The number of benzene rings is 2. The van der Waals surface area contributed by atoms with E-state index in [1.807, 2.05) is 37.3 Å². The number of likely N-dealkylation sites (tertiary alicyclic amines) is 1. The van der Waals surface area contributed by atoms with Crippen LogP contribution in [0.1, 0.15) is 26.2 Å². The number of carbonyl (C=O) groups excluding carboxylic acids is 3. The minimum Gasteiger partial charge on any atom is -0.394 e. The van der Waals surface area contributed by atoms with Crippen LogP contribution in [-0.2, 0) is 14.4 Å². The molecule has 2 unspecified atom stereocenters. The van der Waals surface area contributed by atoms with Crippen LogP contribution in [0, 0.1) is 11.8 Å². The maximum atomic E-state index is 14.6. The predicted octanol–water partition coefficient (Wildman–Crippen LogP) is 4.94. The molecular formula is C32H36ClN3O4S. The molecule has 41 heavy (non-hydrogen) atoms. The third-order valence-corrected chi connectivity index (χ3v) is 10.9.